The quantitative estimate of drug-likeness (QED) is 0.843. The van der Waals surface area contributed by atoms with Gasteiger partial charge in [-0.15, -0.1) is 0 Å². The minimum atomic E-state index is -3.49. The lowest BCUT2D eigenvalue weighted by molar-refractivity contribution is 0.336. The van der Waals surface area contributed by atoms with Crippen molar-refractivity contribution in [2.45, 2.75) is 44.0 Å². The van der Waals surface area contributed by atoms with E-state index in [1.807, 2.05) is 7.05 Å². The van der Waals surface area contributed by atoms with E-state index in [0.29, 0.717) is 18.1 Å². The molecule has 0 heterocycles. The summed E-state index contributed by atoms with van der Waals surface area (Å²) >= 11 is 6.14. The van der Waals surface area contributed by atoms with Crippen molar-refractivity contribution in [3.05, 3.63) is 28.8 Å². The monoisotopic (exact) mass is 330 g/mol. The largest absolute Gasteiger partial charge is 0.316 e. The second kappa shape index (κ2) is 6.65. The van der Waals surface area contributed by atoms with E-state index in [-0.39, 0.29) is 10.3 Å². The lowest BCUT2D eigenvalue weighted by Crippen LogP contribution is -2.34. The van der Waals surface area contributed by atoms with Gasteiger partial charge in [-0.05, 0) is 43.0 Å². The first kappa shape index (κ1) is 16.7. The third kappa shape index (κ3) is 4.19. The molecule has 0 saturated heterocycles. The van der Waals surface area contributed by atoms with E-state index >= 15 is 0 Å². The molecule has 0 atom stereocenters. The number of benzene rings is 1. The van der Waals surface area contributed by atoms with Gasteiger partial charge in [0.05, 0.1) is 4.90 Å². The molecule has 0 radical (unpaired) electrons. The highest BCUT2D eigenvalue weighted by Gasteiger charge is 2.30. The Morgan fingerprint density at radius 2 is 1.95 bits per heavy atom. The Kier molecular flexibility index (Phi) is 5.30. The van der Waals surface area contributed by atoms with E-state index in [1.165, 1.54) is 18.9 Å². The third-order valence-corrected chi connectivity index (χ3v) is 5.95. The third-order valence-electron chi connectivity index (χ3n) is 4.20. The van der Waals surface area contributed by atoms with Gasteiger partial charge < -0.3 is 5.32 Å². The molecular weight excluding hydrogens is 308 g/mol. The summed E-state index contributed by atoms with van der Waals surface area (Å²) in [4.78, 5) is 0.231. The Balaban J connectivity index is 2.10. The van der Waals surface area contributed by atoms with E-state index in [0.717, 1.165) is 18.4 Å². The fourth-order valence-corrected chi connectivity index (χ4v) is 4.32. The van der Waals surface area contributed by atoms with Crippen LogP contribution < -0.4 is 10.0 Å². The summed E-state index contributed by atoms with van der Waals surface area (Å²) in [7, 11) is -1.67. The van der Waals surface area contributed by atoms with Crippen LogP contribution >= 0.6 is 11.6 Å². The van der Waals surface area contributed by atoms with Crippen LogP contribution in [-0.2, 0) is 16.6 Å². The average Bonchev–Trinajstić information content (AvgIpc) is 2.87. The van der Waals surface area contributed by atoms with Crippen LogP contribution in [0.1, 0.15) is 38.2 Å². The zero-order valence-corrected chi connectivity index (χ0v) is 14.1. The molecule has 0 amide bonds. The molecule has 2 N–H and O–H groups in total. The van der Waals surface area contributed by atoms with Gasteiger partial charge in [-0.1, -0.05) is 37.4 Å². The molecule has 0 bridgehead atoms. The zero-order valence-electron chi connectivity index (χ0n) is 12.6. The highest BCUT2D eigenvalue weighted by Crippen LogP contribution is 2.37. The van der Waals surface area contributed by atoms with Crippen molar-refractivity contribution in [3.63, 3.8) is 0 Å². The summed E-state index contributed by atoms with van der Waals surface area (Å²) in [5.74, 6) is 0. The van der Waals surface area contributed by atoms with Gasteiger partial charge in [0.1, 0.15) is 0 Å². The molecule has 0 spiro atoms. The maximum Gasteiger partial charge on any atom is 0.240 e. The Bertz CT molecular complexity index is 596. The molecule has 1 aromatic rings. The van der Waals surface area contributed by atoms with Gasteiger partial charge in [0, 0.05) is 18.1 Å². The number of hydrogen-bond acceptors (Lipinski definition) is 3. The van der Waals surface area contributed by atoms with Gasteiger partial charge >= 0.3 is 0 Å². The lowest BCUT2D eigenvalue weighted by atomic mass is 9.89. The van der Waals surface area contributed by atoms with Gasteiger partial charge in [-0.25, -0.2) is 13.1 Å². The van der Waals surface area contributed by atoms with Crippen molar-refractivity contribution in [2.75, 3.05) is 13.6 Å². The van der Waals surface area contributed by atoms with Crippen LogP contribution in [0, 0.1) is 5.41 Å². The smallest absolute Gasteiger partial charge is 0.240 e. The van der Waals surface area contributed by atoms with Crippen LogP contribution in [0.3, 0.4) is 0 Å². The predicted octanol–water partition coefficient (Wildman–Crippen LogP) is 2.92. The van der Waals surface area contributed by atoms with E-state index in [1.54, 1.807) is 12.1 Å². The average molecular weight is 331 g/mol. The van der Waals surface area contributed by atoms with E-state index in [2.05, 4.69) is 17.0 Å². The van der Waals surface area contributed by atoms with E-state index < -0.39 is 10.0 Å². The first-order valence-corrected chi connectivity index (χ1v) is 9.15. The highest BCUT2D eigenvalue weighted by molar-refractivity contribution is 7.89. The summed E-state index contributed by atoms with van der Waals surface area (Å²) in [5.41, 5.74) is 0.976. The Morgan fingerprint density at radius 3 is 2.52 bits per heavy atom. The highest BCUT2D eigenvalue weighted by atomic mass is 35.5. The molecule has 1 aromatic carbocycles. The molecule has 2 rings (SSSR count). The van der Waals surface area contributed by atoms with Gasteiger partial charge in [0.2, 0.25) is 10.0 Å². The van der Waals surface area contributed by atoms with Crippen molar-refractivity contribution in [1.82, 2.24) is 10.0 Å². The maximum atomic E-state index is 12.4. The fraction of sp³-hybridized carbons (Fsp3) is 0.600. The van der Waals surface area contributed by atoms with Gasteiger partial charge in [0.25, 0.3) is 0 Å². The van der Waals surface area contributed by atoms with Gasteiger partial charge in [-0.3, -0.25) is 0 Å². The molecule has 1 fully saturated rings. The molecule has 118 valence electrons. The first-order valence-electron chi connectivity index (χ1n) is 7.29. The summed E-state index contributed by atoms with van der Waals surface area (Å²) in [6.07, 6.45) is 4.53. The zero-order chi connectivity index (χ0) is 15.5. The maximum absolute atomic E-state index is 12.4. The molecule has 4 nitrogen and oxygen atoms in total. The van der Waals surface area contributed by atoms with E-state index in [9.17, 15) is 8.42 Å². The first-order chi connectivity index (χ1) is 9.86. The molecule has 0 aliphatic heterocycles. The van der Waals surface area contributed by atoms with Crippen molar-refractivity contribution >= 4 is 21.6 Å². The number of hydrogen-bond donors (Lipinski definition) is 2. The van der Waals surface area contributed by atoms with Crippen LogP contribution in [0.5, 0.6) is 0 Å². The van der Waals surface area contributed by atoms with Crippen LogP contribution in [0.2, 0.25) is 5.02 Å². The Labute approximate surface area is 132 Å². The molecule has 1 aliphatic carbocycles. The van der Waals surface area contributed by atoms with Crippen LogP contribution in [-0.4, -0.2) is 22.0 Å². The molecule has 0 aromatic heterocycles. The molecule has 0 unspecified atom stereocenters. The van der Waals surface area contributed by atoms with Crippen molar-refractivity contribution in [3.8, 4) is 0 Å². The van der Waals surface area contributed by atoms with Crippen LogP contribution in [0.25, 0.3) is 0 Å². The normalized spacial score (nSPS) is 18.0. The predicted molar refractivity (Wildman–Crippen MR) is 86.0 cm³/mol. The standard InChI is InChI=1S/C15H23ClN2O2S/c1-15(7-3-4-8-15)11-18-21(19,20)13-6-5-12(10-17-2)14(16)9-13/h5-6,9,17-18H,3-4,7-8,10-11H2,1-2H3. The Morgan fingerprint density at radius 1 is 1.29 bits per heavy atom. The van der Waals surface area contributed by atoms with Crippen molar-refractivity contribution in [2.24, 2.45) is 5.41 Å². The van der Waals surface area contributed by atoms with Crippen LogP contribution in [0.15, 0.2) is 23.1 Å². The number of halogens is 1. The molecule has 1 saturated carbocycles. The van der Waals surface area contributed by atoms with Crippen molar-refractivity contribution < 1.29 is 8.42 Å². The van der Waals surface area contributed by atoms with Crippen molar-refractivity contribution in [1.29, 1.82) is 0 Å². The number of sulfonamides is 1. The van der Waals surface area contributed by atoms with Gasteiger partial charge in [0.15, 0.2) is 0 Å². The minimum absolute atomic E-state index is 0.0862. The lowest BCUT2D eigenvalue weighted by Gasteiger charge is -2.23. The summed E-state index contributed by atoms with van der Waals surface area (Å²) in [5, 5.41) is 3.47. The molecule has 1 aliphatic rings. The van der Waals surface area contributed by atoms with Gasteiger partial charge in [-0.2, -0.15) is 0 Å². The summed E-state index contributed by atoms with van der Waals surface area (Å²) < 4.78 is 27.5. The molecule has 21 heavy (non-hydrogen) atoms. The topological polar surface area (TPSA) is 58.2 Å². The number of nitrogens with one attached hydrogen (secondary N) is 2. The number of rotatable bonds is 6. The second-order valence-electron chi connectivity index (χ2n) is 6.13. The molecule has 6 heteroatoms. The molecular formula is C15H23ClN2O2S. The fourth-order valence-electron chi connectivity index (χ4n) is 2.79. The minimum Gasteiger partial charge on any atom is -0.316 e. The Hall–Kier alpha value is -0.620. The van der Waals surface area contributed by atoms with Crippen LogP contribution in [0.4, 0.5) is 0 Å². The van der Waals surface area contributed by atoms with E-state index in [4.69, 9.17) is 11.6 Å². The second-order valence-corrected chi connectivity index (χ2v) is 8.30. The SMILES string of the molecule is CNCc1ccc(S(=O)(=O)NCC2(C)CCCC2)cc1Cl. The summed E-state index contributed by atoms with van der Waals surface area (Å²) in [6.45, 7) is 3.25. The summed E-state index contributed by atoms with van der Waals surface area (Å²) in [6, 6.07) is 4.89.